The summed E-state index contributed by atoms with van der Waals surface area (Å²) >= 11 is 1.59. The summed E-state index contributed by atoms with van der Waals surface area (Å²) < 4.78 is 2.05. The van der Waals surface area contributed by atoms with E-state index in [1.165, 1.54) is 0 Å². The zero-order chi connectivity index (χ0) is 14.8. The van der Waals surface area contributed by atoms with E-state index < -0.39 is 5.97 Å². The van der Waals surface area contributed by atoms with Gasteiger partial charge in [0.2, 0.25) is 0 Å². The molecule has 0 fully saturated rings. The Morgan fingerprint density at radius 1 is 1.38 bits per heavy atom. The highest BCUT2D eigenvalue weighted by Crippen LogP contribution is 2.30. The Morgan fingerprint density at radius 2 is 2.19 bits per heavy atom. The number of carboxylic acid groups (broad SMARTS) is 1. The Kier molecular flexibility index (Phi) is 3.94. The lowest BCUT2D eigenvalue weighted by molar-refractivity contribution is -0.137. The van der Waals surface area contributed by atoms with Gasteiger partial charge in [0.15, 0.2) is 11.0 Å². The van der Waals surface area contributed by atoms with Gasteiger partial charge in [0.05, 0.1) is 19.0 Å². The van der Waals surface area contributed by atoms with Crippen molar-refractivity contribution in [3.63, 3.8) is 0 Å². The molecular formula is C14H16N4O2S. The van der Waals surface area contributed by atoms with Crippen molar-refractivity contribution in [2.45, 2.75) is 25.2 Å². The number of hydrogen-bond donors (Lipinski definition) is 1. The fraction of sp³-hybridized carbons (Fsp3) is 0.357. The van der Waals surface area contributed by atoms with Crippen LogP contribution in [0.25, 0.3) is 11.4 Å². The predicted molar refractivity (Wildman–Crippen MR) is 79.9 cm³/mol. The summed E-state index contributed by atoms with van der Waals surface area (Å²) in [6, 6.07) is 8.07. The molecule has 1 aliphatic rings. The van der Waals surface area contributed by atoms with Crippen LogP contribution in [0.5, 0.6) is 0 Å². The summed E-state index contributed by atoms with van der Waals surface area (Å²) in [5.74, 6) is 0.823. The Balaban J connectivity index is 1.86. The number of hydrogen-bond acceptors (Lipinski definition) is 5. The molecule has 3 rings (SSSR count). The van der Waals surface area contributed by atoms with Gasteiger partial charge in [0, 0.05) is 12.1 Å². The van der Waals surface area contributed by atoms with Gasteiger partial charge in [-0.05, 0) is 12.5 Å². The molecule has 1 aromatic heterocycles. The van der Waals surface area contributed by atoms with Gasteiger partial charge in [-0.3, -0.25) is 14.3 Å². The van der Waals surface area contributed by atoms with Crippen molar-refractivity contribution in [2.75, 3.05) is 12.4 Å². The van der Waals surface area contributed by atoms with Crippen molar-refractivity contribution in [3.8, 4) is 11.4 Å². The number of fused-ring (bicyclic) bond motifs is 1. The van der Waals surface area contributed by atoms with Gasteiger partial charge in [0.25, 0.3) is 0 Å². The molecule has 7 heteroatoms. The molecule has 2 aromatic rings. The first-order valence-corrected chi connectivity index (χ1v) is 7.70. The molecule has 0 aliphatic carbocycles. The van der Waals surface area contributed by atoms with Gasteiger partial charge >= 0.3 is 5.97 Å². The standard InChI is InChI=1S/C14H16N4O2S/c1-10-4-2-3-5-11(10)13-15-16-14-18(13)8-17(9-21-14)7-6-12(19)20/h2-5H,6-9H2,1H3,(H,19,20). The van der Waals surface area contributed by atoms with Crippen LogP contribution in [-0.2, 0) is 11.5 Å². The number of aryl methyl sites for hydroxylation is 1. The van der Waals surface area contributed by atoms with Crippen LogP contribution in [0.2, 0.25) is 0 Å². The zero-order valence-electron chi connectivity index (χ0n) is 11.7. The van der Waals surface area contributed by atoms with Crippen LogP contribution < -0.4 is 0 Å². The maximum atomic E-state index is 10.7. The topological polar surface area (TPSA) is 71.2 Å². The number of aliphatic carboxylic acids is 1. The number of carbonyl (C=O) groups is 1. The highest BCUT2D eigenvalue weighted by Gasteiger charge is 2.23. The second-order valence-corrected chi connectivity index (χ2v) is 5.91. The van der Waals surface area contributed by atoms with Gasteiger partial charge in [0.1, 0.15) is 0 Å². The summed E-state index contributed by atoms with van der Waals surface area (Å²) in [5, 5.41) is 18.2. The van der Waals surface area contributed by atoms with Crippen molar-refractivity contribution in [1.82, 2.24) is 19.7 Å². The second kappa shape index (κ2) is 5.87. The number of thioether (sulfide) groups is 1. The fourth-order valence-electron chi connectivity index (χ4n) is 2.32. The van der Waals surface area contributed by atoms with Gasteiger partial charge < -0.3 is 5.11 Å². The van der Waals surface area contributed by atoms with Crippen LogP contribution in [0, 0.1) is 6.92 Å². The highest BCUT2D eigenvalue weighted by atomic mass is 32.2. The van der Waals surface area contributed by atoms with Gasteiger partial charge in [-0.25, -0.2) is 0 Å². The third kappa shape index (κ3) is 2.93. The fourth-order valence-corrected chi connectivity index (χ4v) is 3.23. The monoisotopic (exact) mass is 304 g/mol. The molecule has 1 aromatic carbocycles. The first-order valence-electron chi connectivity index (χ1n) is 6.71. The highest BCUT2D eigenvalue weighted by molar-refractivity contribution is 7.99. The van der Waals surface area contributed by atoms with E-state index in [2.05, 4.69) is 32.7 Å². The molecule has 0 unspecified atom stereocenters. The number of aromatic nitrogens is 3. The number of benzene rings is 1. The SMILES string of the molecule is Cc1ccccc1-c1nnc2n1CN(CCC(=O)O)CS2. The van der Waals surface area contributed by atoms with Crippen LogP contribution in [0.4, 0.5) is 0 Å². The van der Waals surface area contributed by atoms with Crippen molar-refractivity contribution in [3.05, 3.63) is 29.8 Å². The molecular weight excluding hydrogens is 288 g/mol. The first-order chi connectivity index (χ1) is 10.1. The van der Waals surface area contributed by atoms with Crippen LogP contribution in [0.3, 0.4) is 0 Å². The molecule has 6 nitrogen and oxygen atoms in total. The van der Waals surface area contributed by atoms with Crippen molar-refractivity contribution in [1.29, 1.82) is 0 Å². The molecule has 110 valence electrons. The van der Waals surface area contributed by atoms with Crippen LogP contribution in [0.15, 0.2) is 29.4 Å². The molecule has 0 spiro atoms. The Labute approximate surface area is 126 Å². The molecule has 0 amide bonds. The molecule has 0 saturated heterocycles. The molecule has 0 atom stereocenters. The van der Waals surface area contributed by atoms with E-state index in [-0.39, 0.29) is 6.42 Å². The van der Waals surface area contributed by atoms with E-state index in [9.17, 15) is 4.79 Å². The van der Waals surface area contributed by atoms with E-state index >= 15 is 0 Å². The van der Waals surface area contributed by atoms with E-state index in [1.807, 2.05) is 18.2 Å². The third-order valence-electron chi connectivity index (χ3n) is 3.46. The average Bonchev–Trinajstić information content (AvgIpc) is 2.88. The van der Waals surface area contributed by atoms with Crippen LogP contribution >= 0.6 is 11.8 Å². The summed E-state index contributed by atoms with van der Waals surface area (Å²) in [4.78, 5) is 12.8. The molecule has 0 bridgehead atoms. The minimum Gasteiger partial charge on any atom is -0.481 e. The minimum atomic E-state index is -0.770. The maximum absolute atomic E-state index is 10.7. The van der Waals surface area contributed by atoms with Crippen molar-refractivity contribution in [2.24, 2.45) is 0 Å². The van der Waals surface area contributed by atoms with Crippen molar-refractivity contribution >= 4 is 17.7 Å². The quantitative estimate of drug-likeness (QED) is 0.932. The molecule has 2 heterocycles. The van der Waals surface area contributed by atoms with E-state index in [0.29, 0.717) is 13.2 Å². The predicted octanol–water partition coefficient (Wildman–Crippen LogP) is 2.05. The summed E-state index contributed by atoms with van der Waals surface area (Å²) in [7, 11) is 0. The lowest BCUT2D eigenvalue weighted by atomic mass is 10.1. The van der Waals surface area contributed by atoms with Crippen molar-refractivity contribution < 1.29 is 9.90 Å². The normalized spacial score (nSPS) is 14.9. The number of carboxylic acids is 1. The Hall–Kier alpha value is -1.86. The Morgan fingerprint density at radius 3 is 2.95 bits per heavy atom. The second-order valence-electron chi connectivity index (χ2n) is 5.00. The van der Waals surface area contributed by atoms with Crippen LogP contribution in [-0.4, -0.2) is 43.2 Å². The number of rotatable bonds is 4. The van der Waals surface area contributed by atoms with E-state index in [1.54, 1.807) is 11.8 Å². The zero-order valence-corrected chi connectivity index (χ0v) is 12.5. The largest absolute Gasteiger partial charge is 0.481 e. The molecule has 21 heavy (non-hydrogen) atoms. The summed E-state index contributed by atoms with van der Waals surface area (Å²) in [6.07, 6.45) is 0.151. The molecule has 0 saturated carbocycles. The third-order valence-corrected chi connectivity index (χ3v) is 4.52. The summed E-state index contributed by atoms with van der Waals surface area (Å²) in [6.45, 7) is 3.22. The maximum Gasteiger partial charge on any atom is 0.304 e. The lowest BCUT2D eigenvalue weighted by Crippen LogP contribution is -2.32. The van der Waals surface area contributed by atoms with Crippen LogP contribution in [0.1, 0.15) is 12.0 Å². The minimum absolute atomic E-state index is 0.151. The average molecular weight is 304 g/mol. The first kappa shape index (κ1) is 14.1. The number of nitrogens with zero attached hydrogens (tertiary/aromatic N) is 4. The summed E-state index contributed by atoms with van der Waals surface area (Å²) in [5.41, 5.74) is 2.22. The molecule has 1 aliphatic heterocycles. The molecule has 1 N–H and O–H groups in total. The van der Waals surface area contributed by atoms with Gasteiger partial charge in [-0.2, -0.15) is 0 Å². The van der Waals surface area contributed by atoms with E-state index in [4.69, 9.17) is 5.11 Å². The smallest absolute Gasteiger partial charge is 0.304 e. The van der Waals surface area contributed by atoms with Gasteiger partial charge in [-0.15, -0.1) is 10.2 Å². The van der Waals surface area contributed by atoms with Gasteiger partial charge in [-0.1, -0.05) is 36.0 Å². The molecule has 0 radical (unpaired) electrons. The van der Waals surface area contributed by atoms with E-state index in [0.717, 1.165) is 28.0 Å². The Bertz CT molecular complexity index is 671. The lowest BCUT2D eigenvalue weighted by Gasteiger charge is -2.27.